The second-order valence-electron chi connectivity index (χ2n) is 1.66. The van der Waals surface area contributed by atoms with Crippen molar-refractivity contribution in [3.63, 3.8) is 0 Å². The Morgan fingerprint density at radius 1 is 1.50 bits per heavy atom. The van der Waals surface area contributed by atoms with Crippen LogP contribution in [0.25, 0.3) is 0 Å². The van der Waals surface area contributed by atoms with Crippen LogP contribution in [-0.4, -0.2) is 57.3 Å². The van der Waals surface area contributed by atoms with E-state index in [0.29, 0.717) is 0 Å². The average Bonchev–Trinajstić information content (AvgIpc) is 1.93. The zero-order chi connectivity index (χ0) is 9.70. The summed E-state index contributed by atoms with van der Waals surface area (Å²) in [4.78, 5) is 0. The monoisotopic (exact) mass is 196 g/mol. The molecule has 0 aromatic rings. The molecule has 5 N–H and O–H groups in total. The molecule has 66 valence electrons. The summed E-state index contributed by atoms with van der Waals surface area (Å²) in [5, 5.41) is 12.3. The first-order valence-corrected chi connectivity index (χ1v) is 3.26. The van der Waals surface area contributed by atoms with Gasteiger partial charge in [0.2, 0.25) is 0 Å². The number of guanidine groups is 1. The summed E-state index contributed by atoms with van der Waals surface area (Å²) in [6.07, 6.45) is 3.65. The maximum absolute atomic E-state index is 6.25. The standard InChI is InChI=1S/C5H11.CH5N3.CN.K.H/c1-3-5-4-2;2-1(3)4;1-2;;/h1,3-5H2,2H3;(H5,2,3,4);;;. The Morgan fingerprint density at radius 2 is 1.75 bits per heavy atom. The van der Waals surface area contributed by atoms with Crippen molar-refractivity contribution in [3.8, 4) is 0 Å². The van der Waals surface area contributed by atoms with Crippen LogP contribution in [0.3, 0.4) is 0 Å². The fourth-order valence-electron chi connectivity index (χ4n) is 0.250. The summed E-state index contributed by atoms with van der Waals surface area (Å²) < 4.78 is 0. The molecule has 2 radical (unpaired) electrons. The van der Waals surface area contributed by atoms with Gasteiger partial charge in [-0.3, -0.25) is 5.41 Å². The molecule has 0 aliphatic heterocycles. The Balaban J connectivity index is -0.0000000419. The molecule has 0 bridgehead atoms. The molecule has 0 saturated carbocycles. The van der Waals surface area contributed by atoms with Crippen molar-refractivity contribution >= 4 is 57.3 Å². The zero-order valence-electron chi connectivity index (χ0n) is 6.93. The number of hydrogen-bond donors (Lipinski definition) is 3. The first kappa shape index (κ1) is 22.8. The van der Waals surface area contributed by atoms with Crippen molar-refractivity contribution < 1.29 is 0 Å². The molecule has 5 heteroatoms. The number of hydrogen-bond acceptors (Lipinski definition) is 2. The van der Waals surface area contributed by atoms with E-state index in [4.69, 9.17) is 17.2 Å². The van der Waals surface area contributed by atoms with E-state index in [1.165, 1.54) is 12.8 Å². The Kier molecular flexibility index (Phi) is 57.3. The molecule has 0 amide bonds. The number of nitrogens with two attached hydrogens (primary N) is 2. The Morgan fingerprint density at radius 3 is 1.75 bits per heavy atom. The minimum atomic E-state index is -0.333. The van der Waals surface area contributed by atoms with Gasteiger partial charge < -0.3 is 11.5 Å². The Bertz CT molecular complexity index is 86.7. The van der Waals surface area contributed by atoms with Gasteiger partial charge in [-0.05, 0) is 0 Å². The fraction of sp³-hybridized carbons (Fsp3) is 0.571. The quantitative estimate of drug-likeness (QED) is 0.336. The summed E-state index contributed by atoms with van der Waals surface area (Å²) >= 11 is 0. The molecule has 0 aromatic carbocycles. The number of nitrogens with one attached hydrogen (secondary N) is 1. The van der Waals surface area contributed by atoms with Crippen LogP contribution in [0.4, 0.5) is 0 Å². The van der Waals surface area contributed by atoms with Crippen LogP contribution >= 0.6 is 0 Å². The van der Waals surface area contributed by atoms with Gasteiger partial charge in [0.05, 0.1) is 0 Å². The van der Waals surface area contributed by atoms with Crippen molar-refractivity contribution in [2.45, 2.75) is 26.2 Å². The van der Waals surface area contributed by atoms with Gasteiger partial charge in [-0.25, -0.2) is 0 Å². The van der Waals surface area contributed by atoms with Crippen LogP contribution in [0.5, 0.6) is 0 Å². The van der Waals surface area contributed by atoms with Crippen molar-refractivity contribution in [2.24, 2.45) is 11.5 Å². The van der Waals surface area contributed by atoms with Crippen LogP contribution in [0.2, 0.25) is 0 Å². The van der Waals surface area contributed by atoms with Crippen LogP contribution in [0.1, 0.15) is 26.2 Å². The van der Waals surface area contributed by atoms with Gasteiger partial charge in [-0.15, -0.1) is 0 Å². The van der Waals surface area contributed by atoms with Crippen LogP contribution in [0.15, 0.2) is 0 Å². The van der Waals surface area contributed by atoms with Gasteiger partial charge in [-0.1, -0.05) is 33.1 Å². The Labute approximate surface area is 118 Å². The average molecular weight is 196 g/mol. The van der Waals surface area contributed by atoms with Crippen molar-refractivity contribution in [1.82, 2.24) is 0 Å². The topological polar surface area (TPSA) is 99.7 Å². The third-order valence-electron chi connectivity index (χ3n) is 0.604. The first-order valence-electron chi connectivity index (χ1n) is 3.26. The zero-order valence-corrected chi connectivity index (χ0v) is 6.93. The number of unbranched alkanes of at least 4 members (excludes halogenated alkanes) is 2. The Hall–Kier alpha value is 0.396. The van der Waals surface area contributed by atoms with Gasteiger partial charge in [0.15, 0.2) is 12.5 Å². The van der Waals surface area contributed by atoms with E-state index in [9.17, 15) is 0 Å². The van der Waals surface area contributed by atoms with Gasteiger partial charge in [0.1, 0.15) is 0 Å². The number of nitrogens with zero attached hydrogens (tertiary/aromatic N) is 1. The van der Waals surface area contributed by atoms with E-state index in [1.807, 2.05) is 0 Å². The molecular weight excluding hydrogens is 179 g/mol. The molecule has 4 nitrogen and oxygen atoms in total. The number of rotatable bonds is 2. The molecule has 0 aromatic heterocycles. The van der Waals surface area contributed by atoms with Crippen molar-refractivity contribution in [1.29, 1.82) is 10.7 Å². The summed E-state index contributed by atoms with van der Waals surface area (Å²) in [5.74, 6) is -0.333. The predicted molar refractivity (Wildman–Crippen MR) is 53.1 cm³/mol. The maximum atomic E-state index is 6.25. The molecule has 0 aliphatic rings. The predicted octanol–water partition coefficient (Wildman–Crippen LogP) is 0.297. The molecule has 0 fully saturated rings. The van der Waals surface area contributed by atoms with Gasteiger partial charge in [0.25, 0.3) is 0 Å². The fourth-order valence-corrected chi connectivity index (χ4v) is 0.250. The second kappa shape index (κ2) is 30.1. The van der Waals surface area contributed by atoms with E-state index >= 15 is 0 Å². The van der Waals surface area contributed by atoms with Crippen molar-refractivity contribution in [3.05, 3.63) is 13.5 Å². The van der Waals surface area contributed by atoms with Crippen LogP contribution in [-0.2, 0) is 0 Å². The van der Waals surface area contributed by atoms with E-state index in [0.717, 1.165) is 6.42 Å². The second-order valence-corrected chi connectivity index (χ2v) is 1.66. The van der Waals surface area contributed by atoms with E-state index < -0.39 is 0 Å². The molecule has 12 heavy (non-hydrogen) atoms. The summed E-state index contributed by atoms with van der Waals surface area (Å²) in [6.45, 7) is 10.6. The molecule has 0 unspecified atom stereocenters. The third-order valence-corrected chi connectivity index (χ3v) is 0.604. The van der Waals surface area contributed by atoms with Gasteiger partial charge in [0, 0.05) is 0 Å². The van der Waals surface area contributed by atoms with Gasteiger partial charge in [-0.2, -0.15) is 5.26 Å². The molecule has 0 rings (SSSR count). The molecule has 0 heterocycles. The molecule has 0 atom stereocenters. The summed E-state index contributed by atoms with van der Waals surface area (Å²) in [6, 6.07) is 0. The first-order chi connectivity index (χ1) is 5.15. The molecule has 0 spiro atoms. The van der Waals surface area contributed by atoms with E-state index in [1.54, 1.807) is 0 Å². The third kappa shape index (κ3) is 160. The van der Waals surface area contributed by atoms with Crippen LogP contribution < -0.4 is 11.5 Å². The normalized spacial score (nSPS) is 5.67. The molecule has 0 aliphatic carbocycles. The van der Waals surface area contributed by atoms with E-state index in [2.05, 4.69) is 25.3 Å². The molecule has 0 saturated heterocycles. The summed E-state index contributed by atoms with van der Waals surface area (Å²) in [7, 11) is 0. The van der Waals surface area contributed by atoms with E-state index in [-0.39, 0.29) is 57.3 Å². The molecular formula is C7H17KN4. The van der Waals surface area contributed by atoms with Crippen molar-refractivity contribution in [2.75, 3.05) is 0 Å². The minimum absolute atomic E-state index is 0. The SMILES string of the molecule is N=C(N)N.[CH2]CCCC.[C]#N.[KH]. The van der Waals surface area contributed by atoms with Crippen LogP contribution in [0, 0.1) is 24.2 Å². The van der Waals surface area contributed by atoms with Gasteiger partial charge >= 0.3 is 51.4 Å². The summed E-state index contributed by atoms with van der Waals surface area (Å²) in [5.41, 5.74) is 8.94.